The first kappa shape index (κ1) is 13.0. The Labute approximate surface area is 98.2 Å². The summed E-state index contributed by atoms with van der Waals surface area (Å²) in [5.41, 5.74) is 2.37. The molecule has 0 nitrogen and oxygen atoms in total. The van der Waals surface area contributed by atoms with Crippen LogP contribution in [-0.4, -0.2) is 0 Å². The number of hydrogen-bond acceptors (Lipinski definition) is 0. The number of hydrogen-bond donors (Lipinski definition) is 0. The van der Waals surface area contributed by atoms with Crippen molar-refractivity contribution >= 4 is 0 Å². The van der Waals surface area contributed by atoms with Gasteiger partial charge in [0, 0.05) is 11.8 Å². The molecule has 0 N–H and O–H groups in total. The number of halogens is 1. The third-order valence-electron chi connectivity index (χ3n) is 3.14. The van der Waals surface area contributed by atoms with Crippen LogP contribution in [0.3, 0.4) is 0 Å². The van der Waals surface area contributed by atoms with E-state index < -0.39 is 0 Å². The zero-order valence-corrected chi connectivity index (χ0v) is 10.6. The Balaban J connectivity index is 3.04. The molecule has 1 heteroatoms. The minimum Gasteiger partial charge on any atom is -0.207 e. The third kappa shape index (κ3) is 2.72. The molecule has 1 aliphatic carbocycles. The lowest BCUT2D eigenvalue weighted by molar-refractivity contribution is 0.516. The van der Waals surface area contributed by atoms with Crippen LogP contribution in [-0.2, 0) is 0 Å². The van der Waals surface area contributed by atoms with Crippen LogP contribution in [0.25, 0.3) is 0 Å². The van der Waals surface area contributed by atoms with Gasteiger partial charge in [-0.25, -0.2) is 4.39 Å². The first-order valence-electron chi connectivity index (χ1n) is 5.84. The fourth-order valence-electron chi connectivity index (χ4n) is 2.32. The highest BCUT2D eigenvalue weighted by atomic mass is 19.1. The summed E-state index contributed by atoms with van der Waals surface area (Å²) in [5, 5.41) is 0. The highest BCUT2D eigenvalue weighted by Crippen LogP contribution is 2.36. The molecule has 0 amide bonds. The molecule has 2 unspecified atom stereocenters. The predicted octanol–water partition coefficient (Wildman–Crippen LogP) is 4.82. The first-order chi connectivity index (χ1) is 7.47. The topological polar surface area (TPSA) is 0 Å². The Morgan fingerprint density at radius 3 is 2.50 bits per heavy atom. The van der Waals surface area contributed by atoms with E-state index in [9.17, 15) is 4.39 Å². The lowest BCUT2D eigenvalue weighted by atomic mass is 9.75. The molecule has 1 rings (SSSR count). The molecule has 0 saturated carbocycles. The van der Waals surface area contributed by atoms with E-state index in [1.807, 2.05) is 19.9 Å². The molecular formula is C15H21F. The highest BCUT2D eigenvalue weighted by molar-refractivity contribution is 5.32. The van der Waals surface area contributed by atoms with Crippen molar-refractivity contribution in [2.24, 2.45) is 17.8 Å². The Hall–Kier alpha value is -1.11. The summed E-state index contributed by atoms with van der Waals surface area (Å²) in [5.74, 6) is 0.695. The van der Waals surface area contributed by atoms with Gasteiger partial charge in [0.1, 0.15) is 5.83 Å². The zero-order valence-electron chi connectivity index (χ0n) is 10.6. The van der Waals surface area contributed by atoms with Gasteiger partial charge in [0.15, 0.2) is 0 Å². The molecule has 0 heterocycles. The number of rotatable bonds is 3. The largest absolute Gasteiger partial charge is 0.207 e. The van der Waals surface area contributed by atoms with E-state index in [4.69, 9.17) is 0 Å². The van der Waals surface area contributed by atoms with Gasteiger partial charge in [-0.05, 0) is 31.9 Å². The SMILES string of the molecule is C=C(C)C1C=C(F)C=CC1/C(=C\C)C(C)C. The normalized spacial score (nSPS) is 25.9. The summed E-state index contributed by atoms with van der Waals surface area (Å²) in [6.45, 7) is 12.3. The van der Waals surface area contributed by atoms with Crippen LogP contribution in [0.1, 0.15) is 27.7 Å². The van der Waals surface area contributed by atoms with Gasteiger partial charge in [0.2, 0.25) is 0 Å². The quantitative estimate of drug-likeness (QED) is 0.598. The van der Waals surface area contributed by atoms with Crippen LogP contribution in [0.15, 0.2) is 47.9 Å². The molecule has 1 aliphatic rings. The average Bonchev–Trinajstić information content (AvgIpc) is 2.20. The molecule has 16 heavy (non-hydrogen) atoms. The molecule has 0 spiro atoms. The molecule has 0 radical (unpaired) electrons. The molecule has 0 saturated heterocycles. The van der Waals surface area contributed by atoms with Gasteiger partial charge in [-0.3, -0.25) is 0 Å². The van der Waals surface area contributed by atoms with Gasteiger partial charge >= 0.3 is 0 Å². The summed E-state index contributed by atoms with van der Waals surface area (Å²) in [4.78, 5) is 0. The number of allylic oxidation sites excluding steroid dienone is 7. The highest BCUT2D eigenvalue weighted by Gasteiger charge is 2.25. The van der Waals surface area contributed by atoms with Crippen LogP contribution in [0.4, 0.5) is 4.39 Å². The molecule has 0 fully saturated rings. The zero-order chi connectivity index (χ0) is 12.3. The summed E-state index contributed by atoms with van der Waals surface area (Å²) in [7, 11) is 0. The minimum absolute atomic E-state index is 0.0959. The fraction of sp³-hybridized carbons (Fsp3) is 0.467. The Bertz CT molecular complexity index is 356. The van der Waals surface area contributed by atoms with Crippen LogP contribution in [0, 0.1) is 17.8 Å². The third-order valence-corrected chi connectivity index (χ3v) is 3.14. The van der Waals surface area contributed by atoms with Gasteiger partial charge in [-0.1, -0.05) is 43.7 Å². The van der Waals surface area contributed by atoms with E-state index in [0.717, 1.165) is 5.57 Å². The molecule has 0 bridgehead atoms. The lowest BCUT2D eigenvalue weighted by Gasteiger charge is -2.29. The first-order valence-corrected chi connectivity index (χ1v) is 5.84. The van der Waals surface area contributed by atoms with Crippen LogP contribution < -0.4 is 0 Å². The van der Waals surface area contributed by atoms with Crippen molar-refractivity contribution in [3.05, 3.63) is 47.9 Å². The van der Waals surface area contributed by atoms with Crippen molar-refractivity contribution in [2.45, 2.75) is 27.7 Å². The van der Waals surface area contributed by atoms with Gasteiger partial charge < -0.3 is 0 Å². The second-order valence-corrected chi connectivity index (χ2v) is 4.75. The molecule has 0 aliphatic heterocycles. The van der Waals surface area contributed by atoms with E-state index in [1.165, 1.54) is 5.57 Å². The second-order valence-electron chi connectivity index (χ2n) is 4.75. The van der Waals surface area contributed by atoms with Crippen molar-refractivity contribution in [1.82, 2.24) is 0 Å². The predicted molar refractivity (Wildman–Crippen MR) is 68.7 cm³/mol. The molecule has 0 aromatic rings. The molecule has 88 valence electrons. The van der Waals surface area contributed by atoms with Crippen LogP contribution in [0.2, 0.25) is 0 Å². The monoisotopic (exact) mass is 220 g/mol. The van der Waals surface area contributed by atoms with Crippen molar-refractivity contribution in [1.29, 1.82) is 0 Å². The van der Waals surface area contributed by atoms with Gasteiger partial charge in [0.05, 0.1) is 0 Å². The molecule has 0 aromatic carbocycles. The van der Waals surface area contributed by atoms with Gasteiger partial charge in [0.25, 0.3) is 0 Å². The van der Waals surface area contributed by atoms with E-state index in [1.54, 1.807) is 12.2 Å². The Kier molecular flexibility index (Phi) is 4.28. The van der Waals surface area contributed by atoms with Crippen molar-refractivity contribution in [2.75, 3.05) is 0 Å². The van der Waals surface area contributed by atoms with Crippen molar-refractivity contribution < 1.29 is 4.39 Å². The van der Waals surface area contributed by atoms with Crippen LogP contribution in [0.5, 0.6) is 0 Å². The summed E-state index contributed by atoms with van der Waals surface area (Å²) in [6, 6.07) is 0. The summed E-state index contributed by atoms with van der Waals surface area (Å²) < 4.78 is 13.2. The molecule has 2 atom stereocenters. The Morgan fingerprint density at radius 2 is 2.06 bits per heavy atom. The van der Waals surface area contributed by atoms with Crippen LogP contribution >= 0.6 is 0 Å². The van der Waals surface area contributed by atoms with Crippen molar-refractivity contribution in [3.63, 3.8) is 0 Å². The standard InChI is InChI=1S/C15H21F/c1-6-13(10(2)3)14-8-7-12(16)9-15(14)11(4)5/h6-10,14-15H,4H2,1-3,5H3/b13-6-. The van der Waals surface area contributed by atoms with Crippen molar-refractivity contribution in [3.8, 4) is 0 Å². The van der Waals surface area contributed by atoms with Gasteiger partial charge in [-0.2, -0.15) is 0 Å². The molecule has 0 aromatic heterocycles. The van der Waals surface area contributed by atoms with Gasteiger partial charge in [-0.15, -0.1) is 0 Å². The van der Waals surface area contributed by atoms with E-state index >= 15 is 0 Å². The van der Waals surface area contributed by atoms with E-state index in [0.29, 0.717) is 5.92 Å². The maximum Gasteiger partial charge on any atom is 0.119 e. The van der Waals surface area contributed by atoms with E-state index in [2.05, 4.69) is 26.5 Å². The maximum absolute atomic E-state index is 13.2. The smallest absolute Gasteiger partial charge is 0.119 e. The fourth-order valence-corrected chi connectivity index (χ4v) is 2.32. The summed E-state index contributed by atoms with van der Waals surface area (Å²) >= 11 is 0. The minimum atomic E-state index is -0.150. The maximum atomic E-state index is 13.2. The van der Waals surface area contributed by atoms with E-state index in [-0.39, 0.29) is 17.7 Å². The second kappa shape index (κ2) is 5.29. The lowest BCUT2D eigenvalue weighted by Crippen LogP contribution is -2.19. The average molecular weight is 220 g/mol. The summed E-state index contributed by atoms with van der Waals surface area (Å²) in [6.07, 6.45) is 7.35. The Morgan fingerprint density at radius 1 is 1.44 bits per heavy atom. The molecular weight excluding hydrogens is 199 g/mol.